The molecule has 0 saturated carbocycles. The molecular weight excluding hydrogens is 413 g/mol. The monoisotopic (exact) mass is 425 g/mol. The Morgan fingerprint density at radius 3 is 2.78 bits per heavy atom. The molecule has 2 aromatic heterocycles. The number of H-pyrrole nitrogens is 2. The van der Waals surface area contributed by atoms with Gasteiger partial charge in [-0.1, -0.05) is 0 Å². The summed E-state index contributed by atoms with van der Waals surface area (Å²) >= 11 is 0. The molecule has 1 aliphatic rings. The van der Waals surface area contributed by atoms with Gasteiger partial charge in [0, 0.05) is 17.2 Å². The van der Waals surface area contributed by atoms with Gasteiger partial charge in [0.1, 0.15) is 7.05 Å². The maximum Gasteiger partial charge on any atom is 0.328 e. The van der Waals surface area contributed by atoms with Gasteiger partial charge in [-0.2, -0.15) is 0 Å². The zero-order chi connectivity index (χ0) is 15.9. The summed E-state index contributed by atoms with van der Waals surface area (Å²) in [7, 11) is 1.80. The molecular formula is C14H12IN5O3. The van der Waals surface area contributed by atoms with E-state index in [0.29, 0.717) is 5.56 Å². The lowest BCUT2D eigenvalue weighted by atomic mass is 9.85. The van der Waals surface area contributed by atoms with E-state index in [4.69, 9.17) is 10.1 Å². The number of aromatic amines is 2. The first-order chi connectivity index (χ1) is 10.5. The third-order valence-electron chi connectivity index (χ3n) is 3.39. The zero-order valence-electron chi connectivity index (χ0n) is 11.9. The molecule has 8 nitrogen and oxygen atoms in total. The van der Waals surface area contributed by atoms with Crippen molar-refractivity contribution in [2.24, 2.45) is 7.05 Å². The summed E-state index contributed by atoms with van der Waals surface area (Å²) < 4.78 is 6.89. The van der Waals surface area contributed by atoms with Gasteiger partial charge in [0.05, 0.1) is 11.5 Å². The third-order valence-corrected chi connectivity index (χ3v) is 3.39. The van der Waals surface area contributed by atoms with Gasteiger partial charge < -0.3 is 10.1 Å². The van der Waals surface area contributed by atoms with Crippen molar-refractivity contribution in [3.8, 4) is 5.88 Å². The zero-order valence-corrected chi connectivity index (χ0v) is 14.2. The number of ether oxygens (including phenoxy) is 1. The fourth-order valence-electron chi connectivity index (χ4n) is 2.48. The third kappa shape index (κ3) is 2.88. The van der Waals surface area contributed by atoms with Gasteiger partial charge in [0.2, 0.25) is 11.8 Å². The van der Waals surface area contributed by atoms with Crippen LogP contribution in [0.5, 0.6) is 5.88 Å². The molecule has 23 heavy (non-hydrogen) atoms. The van der Waals surface area contributed by atoms with Crippen molar-refractivity contribution in [1.29, 1.82) is 5.41 Å². The van der Waals surface area contributed by atoms with E-state index in [2.05, 4.69) is 9.97 Å². The molecule has 1 aliphatic heterocycles. The van der Waals surface area contributed by atoms with Crippen molar-refractivity contribution in [1.82, 2.24) is 9.97 Å². The normalized spacial score (nSPS) is 16.0. The van der Waals surface area contributed by atoms with Crippen LogP contribution in [0.3, 0.4) is 0 Å². The van der Waals surface area contributed by atoms with Gasteiger partial charge in [0.25, 0.3) is 5.56 Å². The number of fused-ring (bicyclic) bond motifs is 1. The van der Waals surface area contributed by atoms with Crippen molar-refractivity contribution >= 4 is 35.7 Å². The van der Waals surface area contributed by atoms with E-state index in [0.717, 1.165) is 0 Å². The molecule has 3 rings (SSSR count). The number of aryl methyl sites for hydroxylation is 1. The lowest BCUT2D eigenvalue weighted by Crippen LogP contribution is -2.36. The topological polar surface area (TPSA) is 125 Å². The minimum absolute atomic E-state index is 0. The van der Waals surface area contributed by atoms with Gasteiger partial charge in [-0.15, -0.1) is 24.0 Å². The summed E-state index contributed by atoms with van der Waals surface area (Å²) in [5.74, 6) is 0.664. The minimum atomic E-state index is -0.769. The molecule has 0 amide bonds. The molecule has 118 valence electrons. The molecule has 1 unspecified atom stereocenters. The minimum Gasteiger partial charge on any atom is -0.763 e. The molecule has 9 heteroatoms. The Bertz CT molecular complexity index is 955. The van der Waals surface area contributed by atoms with Crippen molar-refractivity contribution in [2.75, 3.05) is 0 Å². The Morgan fingerprint density at radius 1 is 1.39 bits per heavy atom. The molecule has 0 aliphatic carbocycles. The number of hydrogen-bond donors (Lipinski definition) is 3. The Kier molecular flexibility index (Phi) is 4.62. The molecule has 3 heterocycles. The van der Waals surface area contributed by atoms with Crippen molar-refractivity contribution in [2.45, 2.75) is 5.92 Å². The maximum atomic E-state index is 12.2. The summed E-state index contributed by atoms with van der Waals surface area (Å²) in [5.41, 5.74) is -0.604. The largest absolute Gasteiger partial charge is 0.763 e. The first-order valence-corrected chi connectivity index (χ1v) is 6.36. The summed E-state index contributed by atoms with van der Waals surface area (Å²) in [6.45, 7) is 0. The van der Waals surface area contributed by atoms with Crippen LogP contribution in [0.15, 0.2) is 39.7 Å². The fraction of sp³-hybridized carbons (Fsp3) is 0.143. The highest BCUT2D eigenvalue weighted by molar-refractivity contribution is 14.0. The maximum absolute atomic E-state index is 12.2. The second-order valence-electron chi connectivity index (χ2n) is 4.84. The number of rotatable bonds is 1. The summed E-state index contributed by atoms with van der Waals surface area (Å²) in [5, 5.41) is 17.2. The van der Waals surface area contributed by atoms with Gasteiger partial charge in [-0.25, -0.2) is 9.36 Å². The van der Waals surface area contributed by atoms with E-state index in [1.165, 1.54) is 0 Å². The molecule has 0 radical (unpaired) electrons. The van der Waals surface area contributed by atoms with Gasteiger partial charge in [-0.05, 0) is 6.07 Å². The van der Waals surface area contributed by atoms with E-state index >= 15 is 0 Å². The second kappa shape index (κ2) is 6.31. The second-order valence-corrected chi connectivity index (χ2v) is 4.84. The first kappa shape index (κ1) is 16.8. The molecule has 0 fully saturated rings. The molecule has 0 bridgehead atoms. The SMILES string of the molecule is C[n+]1cccc(C2C(=C=[N-])C(=N)Oc3[nH]c(=O)[nH]c(=O)c32)c1.I. The Hall–Kier alpha value is -2.52. The Morgan fingerprint density at radius 2 is 2.13 bits per heavy atom. The van der Waals surface area contributed by atoms with E-state index in [-0.39, 0.29) is 46.9 Å². The molecule has 0 aromatic carbocycles. The van der Waals surface area contributed by atoms with Crippen LogP contribution < -0.4 is 20.6 Å². The Labute approximate surface area is 146 Å². The van der Waals surface area contributed by atoms with Crippen LogP contribution in [0.4, 0.5) is 0 Å². The number of pyridine rings is 1. The van der Waals surface area contributed by atoms with Crippen LogP contribution >= 0.6 is 24.0 Å². The highest BCUT2D eigenvalue weighted by Crippen LogP contribution is 2.36. The molecule has 0 saturated heterocycles. The quantitative estimate of drug-likeness (QED) is 0.343. The van der Waals surface area contributed by atoms with Crippen LogP contribution in [0.25, 0.3) is 5.41 Å². The number of hydrogen-bond acceptors (Lipinski definition) is 4. The van der Waals surface area contributed by atoms with Crippen LogP contribution in [-0.2, 0) is 7.05 Å². The predicted molar refractivity (Wildman–Crippen MR) is 92.8 cm³/mol. The number of nitrogens with zero attached hydrogens (tertiary/aromatic N) is 2. The van der Waals surface area contributed by atoms with Gasteiger partial charge in [-0.3, -0.25) is 26.0 Å². The molecule has 1 atom stereocenters. The van der Waals surface area contributed by atoms with E-state index in [9.17, 15) is 15.0 Å². The standard InChI is InChI=1S/C14H11N5O3.HI/c1-19-4-2-3-7(6-19)9-8(5-15)11(16)22-13-10(9)12(20)17-14(21)18-13;/h2-4,6,9,16H,1H3,(H2,17,18,20,21);1H. The lowest BCUT2D eigenvalue weighted by molar-refractivity contribution is -0.671. The molecule has 2 aromatic rings. The summed E-state index contributed by atoms with van der Waals surface area (Å²) in [6, 6.07) is 3.51. The fourth-order valence-corrected chi connectivity index (χ4v) is 2.48. The predicted octanol–water partition coefficient (Wildman–Crippen LogP) is 0.173. The number of halogens is 1. The van der Waals surface area contributed by atoms with Gasteiger partial charge >= 0.3 is 5.69 Å². The smallest absolute Gasteiger partial charge is 0.328 e. The van der Waals surface area contributed by atoms with Gasteiger partial charge in [0.15, 0.2) is 12.4 Å². The highest BCUT2D eigenvalue weighted by Gasteiger charge is 2.35. The number of nitrogens with one attached hydrogen (secondary N) is 3. The first-order valence-electron chi connectivity index (χ1n) is 6.36. The van der Waals surface area contributed by atoms with E-state index in [1.807, 2.05) is 5.87 Å². The molecule has 3 N–H and O–H groups in total. The van der Waals surface area contributed by atoms with Crippen molar-refractivity contribution in [3.05, 3.63) is 67.5 Å². The van der Waals surface area contributed by atoms with Crippen LogP contribution in [-0.4, -0.2) is 21.7 Å². The van der Waals surface area contributed by atoms with E-state index < -0.39 is 17.2 Å². The number of aromatic nitrogens is 3. The average Bonchev–Trinajstić information content (AvgIpc) is 2.45. The van der Waals surface area contributed by atoms with Crippen molar-refractivity contribution in [3.63, 3.8) is 0 Å². The summed E-state index contributed by atoms with van der Waals surface area (Å²) in [4.78, 5) is 28.0. The van der Waals surface area contributed by atoms with E-state index in [1.54, 1.807) is 36.1 Å². The van der Waals surface area contributed by atoms with Crippen molar-refractivity contribution < 1.29 is 9.30 Å². The Balaban J connectivity index is 0.00000192. The van der Waals surface area contributed by atoms with Crippen LogP contribution in [0.1, 0.15) is 17.0 Å². The molecule has 0 spiro atoms. The van der Waals surface area contributed by atoms with Crippen LogP contribution in [0, 0.1) is 5.41 Å². The summed E-state index contributed by atoms with van der Waals surface area (Å²) in [6.07, 6.45) is 3.55. The lowest BCUT2D eigenvalue weighted by Gasteiger charge is -2.26. The van der Waals surface area contributed by atoms with Crippen LogP contribution in [0.2, 0.25) is 0 Å². The highest BCUT2D eigenvalue weighted by atomic mass is 127. The average molecular weight is 425 g/mol.